The maximum atomic E-state index is 2.54. The van der Waals surface area contributed by atoms with Crippen molar-refractivity contribution in [2.75, 3.05) is 4.90 Å². The van der Waals surface area contributed by atoms with Crippen LogP contribution in [-0.2, 0) is 10.8 Å². The van der Waals surface area contributed by atoms with Gasteiger partial charge in [0.1, 0.15) is 0 Å². The van der Waals surface area contributed by atoms with E-state index in [1.807, 2.05) is 23.5 Å². The molecule has 2 aliphatic heterocycles. The molecule has 0 fully saturated rings. The van der Waals surface area contributed by atoms with Gasteiger partial charge in [-0.25, -0.2) is 0 Å². The van der Waals surface area contributed by atoms with Crippen molar-refractivity contribution in [1.82, 2.24) is 0 Å². The SMILES string of the molecule is c1ccc(-c2ccc(-c3ccc(N(c4ccc5c(c4)-c4ccccc4C54c5ccccc5Sc5ccccc54)c4cccc5c4-c4ccccc4C54c5ccccc5Sc5ccccc54)cc3)cc2)cc1. The lowest BCUT2D eigenvalue weighted by Crippen LogP contribution is -2.32. The third-order valence-electron chi connectivity index (χ3n) is 15.6. The van der Waals surface area contributed by atoms with Crippen LogP contribution in [0.3, 0.4) is 0 Å². The molecule has 0 radical (unpaired) electrons. The van der Waals surface area contributed by atoms with Gasteiger partial charge in [-0.2, -0.15) is 0 Å². The summed E-state index contributed by atoms with van der Waals surface area (Å²) in [4.78, 5) is 7.77. The number of fused-ring (bicyclic) bond motifs is 18. The summed E-state index contributed by atoms with van der Waals surface area (Å²) in [5.41, 5.74) is 23.0. The topological polar surface area (TPSA) is 3.24 Å². The molecule has 0 saturated heterocycles. The molecule has 2 spiro atoms. The minimum Gasteiger partial charge on any atom is -0.310 e. The lowest BCUT2D eigenvalue weighted by atomic mass is 9.67. The van der Waals surface area contributed by atoms with Crippen LogP contribution in [0.25, 0.3) is 44.5 Å². The predicted octanol–water partition coefficient (Wildman–Crippen LogP) is 18.1. The quantitative estimate of drug-likeness (QED) is 0.169. The molecule has 332 valence electrons. The van der Waals surface area contributed by atoms with Gasteiger partial charge in [0.25, 0.3) is 0 Å². The first-order valence-electron chi connectivity index (χ1n) is 24.5. The van der Waals surface area contributed by atoms with E-state index in [-0.39, 0.29) is 0 Å². The van der Waals surface area contributed by atoms with Crippen LogP contribution in [0.1, 0.15) is 44.5 Å². The monoisotopic (exact) mass is 937 g/mol. The summed E-state index contributed by atoms with van der Waals surface area (Å²) in [7, 11) is 0. The van der Waals surface area contributed by atoms with Gasteiger partial charge in [0.05, 0.1) is 16.5 Å². The second-order valence-electron chi connectivity index (χ2n) is 19.0. The van der Waals surface area contributed by atoms with Crippen molar-refractivity contribution in [3.8, 4) is 44.5 Å². The first kappa shape index (κ1) is 40.8. The van der Waals surface area contributed by atoms with E-state index in [2.05, 4.69) is 266 Å². The number of rotatable bonds is 5. The van der Waals surface area contributed by atoms with Crippen molar-refractivity contribution in [2.45, 2.75) is 30.4 Å². The van der Waals surface area contributed by atoms with E-state index >= 15 is 0 Å². The molecule has 0 bridgehead atoms. The second-order valence-corrected chi connectivity index (χ2v) is 21.2. The van der Waals surface area contributed by atoms with E-state index in [1.54, 1.807) is 0 Å². The molecule has 11 aromatic carbocycles. The summed E-state index contributed by atoms with van der Waals surface area (Å²) in [6.45, 7) is 0. The molecular weight excluding hydrogens is 895 g/mol. The fourth-order valence-corrected chi connectivity index (χ4v) is 15.2. The largest absolute Gasteiger partial charge is 0.310 e. The highest BCUT2D eigenvalue weighted by Gasteiger charge is 2.52. The van der Waals surface area contributed by atoms with Gasteiger partial charge in [0.2, 0.25) is 0 Å². The molecule has 2 aliphatic carbocycles. The third kappa shape index (κ3) is 5.73. The summed E-state index contributed by atoms with van der Waals surface area (Å²) in [5.74, 6) is 0. The number of benzene rings is 11. The molecule has 71 heavy (non-hydrogen) atoms. The molecular formula is C68H43NS2. The van der Waals surface area contributed by atoms with Crippen LogP contribution in [-0.4, -0.2) is 0 Å². The van der Waals surface area contributed by atoms with Crippen molar-refractivity contribution in [3.63, 3.8) is 0 Å². The highest BCUT2D eigenvalue weighted by molar-refractivity contribution is 7.99. The Morgan fingerprint density at radius 3 is 1.18 bits per heavy atom. The van der Waals surface area contributed by atoms with Gasteiger partial charge in [-0.05, 0) is 138 Å². The maximum absolute atomic E-state index is 2.54. The minimum absolute atomic E-state index is 0.454. The van der Waals surface area contributed by atoms with Crippen molar-refractivity contribution < 1.29 is 0 Å². The lowest BCUT2D eigenvalue weighted by Gasteiger charge is -2.40. The third-order valence-corrected chi connectivity index (χ3v) is 17.9. The van der Waals surface area contributed by atoms with Crippen LogP contribution < -0.4 is 4.90 Å². The standard InChI is InChI=1S/C68H43NS2/c1-2-17-44(18-3-1)45-33-35-46(36-34-45)47-37-39-48(40-38-47)69(49-41-42-55-52(43-49)50-19-4-6-21-53(50)67(55)56-23-8-12-29-62(56)70-63-30-13-9-24-57(63)67)61-28-16-27-60-66(61)51-20-5-7-22-54(51)68(60)58-25-10-14-31-64(58)71-65-32-15-11-26-59(65)68/h1-43H. The Kier molecular flexibility index (Phi) is 9.03. The first-order chi connectivity index (χ1) is 35.2. The Balaban J connectivity index is 0.969. The summed E-state index contributed by atoms with van der Waals surface area (Å²) in [6, 6.07) is 97.9. The maximum Gasteiger partial charge on any atom is 0.0736 e. The van der Waals surface area contributed by atoms with E-state index in [0.717, 1.165) is 17.1 Å². The van der Waals surface area contributed by atoms with Crippen LogP contribution in [0.5, 0.6) is 0 Å². The highest BCUT2D eigenvalue weighted by atomic mass is 32.2. The van der Waals surface area contributed by atoms with E-state index in [9.17, 15) is 0 Å². The Labute approximate surface area is 423 Å². The Morgan fingerprint density at radius 2 is 0.634 bits per heavy atom. The fraction of sp³-hybridized carbons (Fsp3) is 0.0294. The summed E-state index contributed by atoms with van der Waals surface area (Å²) < 4.78 is 0. The highest BCUT2D eigenvalue weighted by Crippen LogP contribution is 2.66. The number of hydrogen-bond acceptors (Lipinski definition) is 3. The molecule has 0 saturated carbocycles. The molecule has 0 atom stereocenters. The molecule has 0 amide bonds. The van der Waals surface area contributed by atoms with E-state index in [1.165, 1.54) is 109 Å². The number of anilines is 3. The van der Waals surface area contributed by atoms with Gasteiger partial charge in [0.15, 0.2) is 0 Å². The van der Waals surface area contributed by atoms with Crippen LogP contribution >= 0.6 is 23.5 Å². The Morgan fingerprint density at radius 1 is 0.254 bits per heavy atom. The molecule has 11 aromatic rings. The van der Waals surface area contributed by atoms with E-state index in [4.69, 9.17) is 0 Å². The van der Waals surface area contributed by atoms with Gasteiger partial charge in [0, 0.05) is 36.5 Å². The predicted molar refractivity (Wildman–Crippen MR) is 295 cm³/mol. The molecule has 3 heteroatoms. The van der Waals surface area contributed by atoms with Gasteiger partial charge >= 0.3 is 0 Å². The second kappa shape index (κ2) is 15.7. The molecule has 15 rings (SSSR count). The molecule has 0 aromatic heterocycles. The molecule has 0 unspecified atom stereocenters. The minimum atomic E-state index is -0.495. The van der Waals surface area contributed by atoms with Crippen molar-refractivity contribution >= 4 is 40.6 Å². The summed E-state index contributed by atoms with van der Waals surface area (Å²) in [5, 5.41) is 0. The Hall–Kier alpha value is -8.08. The molecule has 1 nitrogen and oxygen atoms in total. The normalized spacial score (nSPS) is 14.3. The van der Waals surface area contributed by atoms with Crippen LogP contribution in [0.4, 0.5) is 17.1 Å². The molecule has 0 N–H and O–H groups in total. The molecule has 4 aliphatic rings. The van der Waals surface area contributed by atoms with Gasteiger partial charge in [-0.15, -0.1) is 0 Å². The zero-order valence-electron chi connectivity index (χ0n) is 38.6. The fourth-order valence-electron chi connectivity index (χ4n) is 12.8. The average molecular weight is 938 g/mol. The number of nitrogens with zero attached hydrogens (tertiary/aromatic N) is 1. The van der Waals surface area contributed by atoms with Crippen LogP contribution in [0.15, 0.2) is 280 Å². The van der Waals surface area contributed by atoms with Crippen molar-refractivity contribution in [2.24, 2.45) is 0 Å². The molecule has 2 heterocycles. The van der Waals surface area contributed by atoms with Gasteiger partial charge < -0.3 is 4.90 Å². The van der Waals surface area contributed by atoms with Gasteiger partial charge in [-0.1, -0.05) is 230 Å². The zero-order valence-corrected chi connectivity index (χ0v) is 40.2. The van der Waals surface area contributed by atoms with E-state index in [0.29, 0.717) is 0 Å². The number of hydrogen-bond donors (Lipinski definition) is 0. The lowest BCUT2D eigenvalue weighted by molar-refractivity contribution is 0.722. The van der Waals surface area contributed by atoms with Crippen molar-refractivity contribution in [1.29, 1.82) is 0 Å². The zero-order chi connectivity index (χ0) is 46.7. The summed E-state index contributed by atoms with van der Waals surface area (Å²) in [6.07, 6.45) is 0. The first-order valence-corrected chi connectivity index (χ1v) is 26.1. The smallest absolute Gasteiger partial charge is 0.0736 e. The Bertz CT molecular complexity index is 3860. The summed E-state index contributed by atoms with van der Waals surface area (Å²) >= 11 is 3.78. The van der Waals surface area contributed by atoms with Crippen molar-refractivity contribution in [3.05, 3.63) is 305 Å². The van der Waals surface area contributed by atoms with Gasteiger partial charge in [-0.3, -0.25) is 0 Å². The average Bonchev–Trinajstić information content (AvgIpc) is 3.90. The van der Waals surface area contributed by atoms with E-state index < -0.39 is 10.8 Å². The van der Waals surface area contributed by atoms with Crippen LogP contribution in [0.2, 0.25) is 0 Å². The van der Waals surface area contributed by atoms with Crippen LogP contribution in [0, 0.1) is 0 Å².